The van der Waals surface area contributed by atoms with Crippen LogP contribution in [0.5, 0.6) is 11.5 Å². The van der Waals surface area contributed by atoms with Crippen molar-refractivity contribution in [1.29, 1.82) is 0 Å². The van der Waals surface area contributed by atoms with Gasteiger partial charge >= 0.3 is 0 Å². The van der Waals surface area contributed by atoms with Crippen LogP contribution in [0.1, 0.15) is 18.5 Å². The number of likely N-dealkylation sites (N-methyl/N-ethyl adjacent to an activating group) is 1. The van der Waals surface area contributed by atoms with Crippen molar-refractivity contribution in [3.05, 3.63) is 63.8 Å². The maximum Gasteiger partial charge on any atom is 0.161 e. The molecule has 132 valence electrons. The van der Waals surface area contributed by atoms with Gasteiger partial charge in [0, 0.05) is 22.8 Å². The number of methoxy groups -OCH3 is 2. The Bertz CT molecular complexity index is 803. The fraction of sp³-hybridized carbons (Fsp3) is 0.263. The van der Waals surface area contributed by atoms with Crippen LogP contribution in [0, 0.1) is 0 Å². The van der Waals surface area contributed by atoms with E-state index in [1.807, 2.05) is 37.4 Å². The van der Waals surface area contributed by atoms with Gasteiger partial charge in [-0.3, -0.25) is 5.01 Å². The van der Waals surface area contributed by atoms with Crippen LogP contribution in [0.15, 0.2) is 48.2 Å². The minimum Gasteiger partial charge on any atom is -0.493 e. The summed E-state index contributed by atoms with van der Waals surface area (Å²) in [5.41, 5.74) is 3.13. The molecule has 1 atom stereocenters. The van der Waals surface area contributed by atoms with Gasteiger partial charge in [-0.05, 0) is 48.9 Å². The highest BCUT2D eigenvalue weighted by molar-refractivity contribution is 6.35. The van der Waals surface area contributed by atoms with Gasteiger partial charge in [0.25, 0.3) is 0 Å². The molecule has 0 saturated heterocycles. The molecule has 0 spiro atoms. The third-order valence-corrected chi connectivity index (χ3v) is 4.73. The highest BCUT2D eigenvalue weighted by Gasteiger charge is 2.30. The van der Waals surface area contributed by atoms with E-state index in [0.717, 1.165) is 16.9 Å². The van der Waals surface area contributed by atoms with Crippen molar-refractivity contribution in [3.63, 3.8) is 0 Å². The Morgan fingerprint density at radius 1 is 0.920 bits per heavy atom. The Morgan fingerprint density at radius 3 is 2.16 bits per heavy atom. The summed E-state index contributed by atoms with van der Waals surface area (Å²) in [5.74, 6) is 1.43. The van der Waals surface area contributed by atoms with Crippen molar-refractivity contribution >= 4 is 28.9 Å². The van der Waals surface area contributed by atoms with Gasteiger partial charge in [-0.15, -0.1) is 0 Å². The highest BCUT2D eigenvalue weighted by Crippen LogP contribution is 2.40. The second-order valence-corrected chi connectivity index (χ2v) is 6.75. The zero-order valence-electron chi connectivity index (χ0n) is 14.6. The first-order valence-corrected chi connectivity index (χ1v) is 8.59. The van der Waals surface area contributed by atoms with E-state index in [1.54, 1.807) is 20.3 Å². The number of nitrogens with zero attached hydrogens (tertiary/aromatic N) is 2. The lowest BCUT2D eigenvalue weighted by atomic mass is 10.1. The monoisotopic (exact) mass is 378 g/mol. The molecule has 1 unspecified atom stereocenters. The topological polar surface area (TPSA) is 24.9 Å². The minimum absolute atomic E-state index is 0.0672. The van der Waals surface area contributed by atoms with E-state index in [4.69, 9.17) is 32.7 Å². The number of anilines is 1. The molecule has 1 aliphatic heterocycles. The first-order valence-electron chi connectivity index (χ1n) is 7.84. The van der Waals surface area contributed by atoms with Crippen LogP contribution in [-0.4, -0.2) is 26.3 Å². The van der Waals surface area contributed by atoms with Crippen LogP contribution in [0.4, 0.5) is 5.69 Å². The summed E-state index contributed by atoms with van der Waals surface area (Å²) in [6.45, 7) is 2.06. The molecular weight excluding hydrogens is 359 g/mol. The van der Waals surface area contributed by atoms with E-state index < -0.39 is 0 Å². The van der Waals surface area contributed by atoms with Gasteiger partial charge in [0.15, 0.2) is 11.5 Å². The van der Waals surface area contributed by atoms with E-state index in [-0.39, 0.29) is 6.04 Å². The number of halogens is 2. The van der Waals surface area contributed by atoms with Crippen molar-refractivity contribution < 1.29 is 9.47 Å². The average Bonchev–Trinajstić information content (AvgIpc) is 2.87. The zero-order valence-corrected chi connectivity index (χ0v) is 16.1. The summed E-state index contributed by atoms with van der Waals surface area (Å²) in [6.07, 6.45) is 2.19. The Hall–Kier alpha value is -1.88. The quantitative estimate of drug-likeness (QED) is 0.718. The van der Waals surface area contributed by atoms with Crippen molar-refractivity contribution in [2.45, 2.75) is 13.0 Å². The van der Waals surface area contributed by atoms with Crippen LogP contribution >= 0.6 is 23.2 Å². The maximum atomic E-state index is 6.17. The Balaban J connectivity index is 1.96. The standard InChI is InChI=1S/C19H20Cl2N2O2/c1-12-7-17(13-5-6-18(24-3)19(8-13)25-4)22(2)23(12)16-10-14(20)9-15(21)11-16/h5-11,17H,1-4H3. The smallest absolute Gasteiger partial charge is 0.161 e. The van der Waals surface area contributed by atoms with E-state index in [2.05, 4.69) is 23.0 Å². The van der Waals surface area contributed by atoms with Crippen LogP contribution in [0.2, 0.25) is 10.0 Å². The predicted octanol–water partition coefficient (Wildman–Crippen LogP) is 5.32. The number of hydrogen-bond donors (Lipinski definition) is 0. The molecule has 1 heterocycles. The molecule has 1 aliphatic rings. The molecule has 0 aliphatic carbocycles. The molecule has 4 nitrogen and oxygen atoms in total. The maximum absolute atomic E-state index is 6.17. The number of allylic oxidation sites excluding steroid dienone is 1. The number of hydrazine groups is 1. The predicted molar refractivity (Wildman–Crippen MR) is 103 cm³/mol. The summed E-state index contributed by atoms with van der Waals surface area (Å²) >= 11 is 12.3. The van der Waals surface area contributed by atoms with Crippen LogP contribution in [0.25, 0.3) is 0 Å². The molecule has 0 fully saturated rings. The zero-order chi connectivity index (χ0) is 18.1. The fourth-order valence-electron chi connectivity index (χ4n) is 3.18. The van der Waals surface area contributed by atoms with E-state index in [1.165, 1.54) is 0 Å². The third kappa shape index (κ3) is 3.43. The highest BCUT2D eigenvalue weighted by atomic mass is 35.5. The summed E-state index contributed by atoms with van der Waals surface area (Å²) < 4.78 is 10.8. The molecule has 0 bridgehead atoms. The summed E-state index contributed by atoms with van der Waals surface area (Å²) in [6, 6.07) is 11.6. The largest absolute Gasteiger partial charge is 0.493 e. The van der Waals surface area contributed by atoms with Crippen molar-refractivity contribution in [2.24, 2.45) is 0 Å². The SMILES string of the molecule is COc1ccc(C2C=C(C)N(c3cc(Cl)cc(Cl)c3)N2C)cc1OC. The van der Waals surface area contributed by atoms with Gasteiger partial charge in [-0.1, -0.05) is 29.3 Å². The third-order valence-electron chi connectivity index (χ3n) is 4.29. The van der Waals surface area contributed by atoms with Crippen molar-refractivity contribution in [3.8, 4) is 11.5 Å². The van der Waals surface area contributed by atoms with Gasteiger partial charge in [-0.25, -0.2) is 5.01 Å². The number of hydrogen-bond acceptors (Lipinski definition) is 4. The van der Waals surface area contributed by atoms with Gasteiger partial charge in [0.1, 0.15) is 0 Å². The molecule has 0 radical (unpaired) electrons. The molecule has 25 heavy (non-hydrogen) atoms. The summed E-state index contributed by atoms with van der Waals surface area (Å²) in [7, 11) is 5.30. The molecule has 2 aromatic rings. The molecule has 3 rings (SSSR count). The van der Waals surface area contributed by atoms with E-state index in [9.17, 15) is 0 Å². The lowest BCUT2D eigenvalue weighted by molar-refractivity contribution is 0.304. The first kappa shape index (κ1) is 17.9. The van der Waals surface area contributed by atoms with E-state index >= 15 is 0 Å². The number of benzene rings is 2. The molecule has 0 N–H and O–H groups in total. The Kier molecular flexibility index (Phi) is 5.13. The van der Waals surface area contributed by atoms with Crippen molar-refractivity contribution in [2.75, 3.05) is 26.3 Å². The molecule has 0 saturated carbocycles. The fourth-order valence-corrected chi connectivity index (χ4v) is 3.69. The van der Waals surface area contributed by atoms with Crippen LogP contribution in [-0.2, 0) is 0 Å². The van der Waals surface area contributed by atoms with Crippen LogP contribution < -0.4 is 14.5 Å². The summed E-state index contributed by atoms with van der Waals surface area (Å²) in [5, 5.41) is 5.45. The molecule has 6 heteroatoms. The van der Waals surface area contributed by atoms with Gasteiger partial charge in [0.05, 0.1) is 25.9 Å². The number of rotatable bonds is 4. The lowest BCUT2D eigenvalue weighted by Gasteiger charge is -2.32. The van der Waals surface area contributed by atoms with Crippen molar-refractivity contribution in [1.82, 2.24) is 5.01 Å². The van der Waals surface area contributed by atoms with Gasteiger partial charge in [-0.2, -0.15) is 0 Å². The number of ether oxygens (including phenoxy) is 2. The lowest BCUT2D eigenvalue weighted by Crippen LogP contribution is -2.35. The Morgan fingerprint density at radius 2 is 1.56 bits per heavy atom. The van der Waals surface area contributed by atoms with E-state index in [0.29, 0.717) is 21.5 Å². The van der Waals surface area contributed by atoms with Gasteiger partial charge in [0.2, 0.25) is 0 Å². The second kappa shape index (κ2) is 7.16. The molecule has 0 amide bonds. The second-order valence-electron chi connectivity index (χ2n) is 5.88. The molecular formula is C19H20Cl2N2O2. The first-order chi connectivity index (χ1) is 11.9. The minimum atomic E-state index is 0.0672. The average molecular weight is 379 g/mol. The Labute approximate surface area is 158 Å². The van der Waals surface area contributed by atoms with Crippen LogP contribution in [0.3, 0.4) is 0 Å². The molecule has 0 aromatic heterocycles. The molecule has 2 aromatic carbocycles. The summed E-state index contributed by atoms with van der Waals surface area (Å²) in [4.78, 5) is 0. The normalized spacial score (nSPS) is 17.6. The van der Waals surface area contributed by atoms with Gasteiger partial charge < -0.3 is 9.47 Å².